The van der Waals surface area contributed by atoms with Gasteiger partial charge in [-0.25, -0.2) is 0 Å². The molecule has 0 aliphatic rings. The van der Waals surface area contributed by atoms with Crippen LogP contribution in [0.5, 0.6) is 0 Å². The fourth-order valence-corrected chi connectivity index (χ4v) is 2.90. The van der Waals surface area contributed by atoms with E-state index in [1.807, 2.05) is 0 Å². The molecule has 0 aromatic heterocycles. The van der Waals surface area contributed by atoms with E-state index in [0.717, 1.165) is 39.3 Å². The minimum atomic E-state index is -0.300. The zero-order valence-electron chi connectivity index (χ0n) is 13.0. The standard InChI is InChI=1S/C14H32N2O2S/c1-5-15(6-2)9-13(17)11-19-12-14(18)10-16(7-3)8-4/h13-14,17-18H,5-12H2,1-4H3. The summed E-state index contributed by atoms with van der Waals surface area (Å²) in [4.78, 5) is 4.44. The predicted octanol–water partition coefficient (Wildman–Crippen LogP) is 1.12. The number of hydrogen-bond donors (Lipinski definition) is 2. The van der Waals surface area contributed by atoms with Crippen LogP contribution in [0.4, 0.5) is 0 Å². The highest BCUT2D eigenvalue weighted by Crippen LogP contribution is 2.08. The van der Waals surface area contributed by atoms with Crippen molar-refractivity contribution < 1.29 is 10.2 Å². The van der Waals surface area contributed by atoms with Gasteiger partial charge in [-0.3, -0.25) is 0 Å². The largest absolute Gasteiger partial charge is 0.391 e. The molecule has 0 bridgehead atoms. The second kappa shape index (κ2) is 12.0. The van der Waals surface area contributed by atoms with Gasteiger partial charge in [-0.2, -0.15) is 11.8 Å². The lowest BCUT2D eigenvalue weighted by Gasteiger charge is -2.23. The molecule has 0 heterocycles. The Morgan fingerprint density at radius 1 is 0.737 bits per heavy atom. The van der Waals surface area contributed by atoms with Crippen LogP contribution < -0.4 is 0 Å². The van der Waals surface area contributed by atoms with Crippen LogP contribution >= 0.6 is 11.8 Å². The van der Waals surface area contributed by atoms with Crippen LogP contribution in [0.15, 0.2) is 0 Å². The summed E-state index contributed by atoms with van der Waals surface area (Å²) in [6.45, 7) is 13.8. The SMILES string of the molecule is CCN(CC)CC(O)CSCC(O)CN(CC)CC. The third-order valence-electron chi connectivity index (χ3n) is 3.35. The quantitative estimate of drug-likeness (QED) is 0.564. The van der Waals surface area contributed by atoms with Crippen molar-refractivity contribution in [3.8, 4) is 0 Å². The van der Waals surface area contributed by atoms with Crippen molar-refractivity contribution in [1.29, 1.82) is 0 Å². The first-order valence-electron chi connectivity index (χ1n) is 7.45. The maximum absolute atomic E-state index is 9.91. The summed E-state index contributed by atoms with van der Waals surface area (Å²) in [6.07, 6.45) is -0.601. The van der Waals surface area contributed by atoms with E-state index in [4.69, 9.17) is 0 Å². The number of aliphatic hydroxyl groups is 2. The van der Waals surface area contributed by atoms with Gasteiger partial charge in [0.25, 0.3) is 0 Å². The summed E-state index contributed by atoms with van der Waals surface area (Å²) in [6, 6.07) is 0. The monoisotopic (exact) mass is 292 g/mol. The van der Waals surface area contributed by atoms with Crippen LogP contribution in [0.2, 0.25) is 0 Å². The molecule has 0 rings (SSSR count). The Balaban J connectivity index is 3.71. The van der Waals surface area contributed by atoms with Gasteiger partial charge in [-0.1, -0.05) is 27.7 Å². The zero-order chi connectivity index (χ0) is 14.7. The lowest BCUT2D eigenvalue weighted by Crippen LogP contribution is -2.35. The molecule has 0 aliphatic heterocycles. The molecule has 0 aromatic carbocycles. The third kappa shape index (κ3) is 9.68. The summed E-state index contributed by atoms with van der Waals surface area (Å²) < 4.78 is 0. The number of thioether (sulfide) groups is 1. The smallest absolute Gasteiger partial charge is 0.0757 e. The highest BCUT2D eigenvalue weighted by molar-refractivity contribution is 7.99. The van der Waals surface area contributed by atoms with E-state index in [2.05, 4.69) is 37.5 Å². The molecule has 0 saturated carbocycles. The van der Waals surface area contributed by atoms with Crippen molar-refractivity contribution in [1.82, 2.24) is 9.80 Å². The molecule has 0 spiro atoms. The highest BCUT2D eigenvalue weighted by atomic mass is 32.2. The first kappa shape index (κ1) is 19.2. The number of likely N-dealkylation sites (N-methyl/N-ethyl adjacent to an activating group) is 2. The lowest BCUT2D eigenvalue weighted by atomic mass is 10.3. The van der Waals surface area contributed by atoms with E-state index < -0.39 is 0 Å². The maximum atomic E-state index is 9.91. The first-order chi connectivity index (χ1) is 9.07. The molecule has 0 saturated heterocycles. The molecule has 0 radical (unpaired) electrons. The molecule has 2 N–H and O–H groups in total. The maximum Gasteiger partial charge on any atom is 0.0757 e. The zero-order valence-corrected chi connectivity index (χ0v) is 13.8. The van der Waals surface area contributed by atoms with Gasteiger partial charge in [0.05, 0.1) is 12.2 Å². The van der Waals surface area contributed by atoms with Crippen LogP contribution in [-0.2, 0) is 0 Å². The van der Waals surface area contributed by atoms with Crippen LogP contribution in [0, 0.1) is 0 Å². The van der Waals surface area contributed by atoms with E-state index in [1.54, 1.807) is 11.8 Å². The van der Waals surface area contributed by atoms with Crippen molar-refractivity contribution in [2.75, 3.05) is 50.8 Å². The van der Waals surface area contributed by atoms with E-state index in [0.29, 0.717) is 11.5 Å². The number of aliphatic hydroxyl groups excluding tert-OH is 2. The Morgan fingerprint density at radius 3 is 1.32 bits per heavy atom. The normalized spacial score (nSPS) is 15.2. The second-order valence-electron chi connectivity index (χ2n) is 4.82. The number of rotatable bonds is 12. The third-order valence-corrected chi connectivity index (χ3v) is 4.59. The van der Waals surface area contributed by atoms with Crippen LogP contribution in [0.3, 0.4) is 0 Å². The van der Waals surface area contributed by atoms with Gasteiger partial charge in [0.15, 0.2) is 0 Å². The van der Waals surface area contributed by atoms with Crippen molar-refractivity contribution in [3.05, 3.63) is 0 Å². The fourth-order valence-electron chi connectivity index (χ4n) is 2.01. The van der Waals surface area contributed by atoms with Crippen molar-refractivity contribution in [2.24, 2.45) is 0 Å². The summed E-state index contributed by atoms with van der Waals surface area (Å²) in [5.41, 5.74) is 0. The Kier molecular flexibility index (Phi) is 12.1. The fraction of sp³-hybridized carbons (Fsp3) is 1.00. The second-order valence-corrected chi connectivity index (χ2v) is 5.89. The van der Waals surface area contributed by atoms with Gasteiger partial charge in [-0.05, 0) is 26.2 Å². The van der Waals surface area contributed by atoms with Crippen molar-refractivity contribution in [3.63, 3.8) is 0 Å². The van der Waals surface area contributed by atoms with E-state index in [1.165, 1.54) is 0 Å². The minimum Gasteiger partial charge on any atom is -0.391 e. The summed E-state index contributed by atoms with van der Waals surface area (Å²) in [5, 5.41) is 19.8. The van der Waals surface area contributed by atoms with E-state index in [-0.39, 0.29) is 12.2 Å². The molecule has 0 aliphatic carbocycles. The molecule has 116 valence electrons. The van der Waals surface area contributed by atoms with Crippen LogP contribution in [0.1, 0.15) is 27.7 Å². The number of nitrogens with zero attached hydrogens (tertiary/aromatic N) is 2. The average molecular weight is 292 g/mol. The molecule has 0 aromatic rings. The molecule has 19 heavy (non-hydrogen) atoms. The Hall–Kier alpha value is 0.190. The number of hydrogen-bond acceptors (Lipinski definition) is 5. The molecule has 0 amide bonds. The summed E-state index contributed by atoms with van der Waals surface area (Å²) in [7, 11) is 0. The summed E-state index contributed by atoms with van der Waals surface area (Å²) >= 11 is 1.64. The van der Waals surface area contributed by atoms with Gasteiger partial charge >= 0.3 is 0 Å². The van der Waals surface area contributed by atoms with E-state index >= 15 is 0 Å². The Labute approximate surface area is 123 Å². The van der Waals surface area contributed by atoms with Gasteiger partial charge in [-0.15, -0.1) is 0 Å². The predicted molar refractivity (Wildman–Crippen MR) is 84.9 cm³/mol. The molecular formula is C14H32N2O2S. The van der Waals surface area contributed by atoms with Gasteiger partial charge in [0.1, 0.15) is 0 Å². The molecule has 2 unspecified atom stereocenters. The van der Waals surface area contributed by atoms with Gasteiger partial charge in [0, 0.05) is 24.6 Å². The van der Waals surface area contributed by atoms with Crippen LogP contribution in [0.25, 0.3) is 0 Å². The first-order valence-corrected chi connectivity index (χ1v) is 8.61. The summed E-state index contributed by atoms with van der Waals surface area (Å²) in [5.74, 6) is 1.40. The molecular weight excluding hydrogens is 260 g/mol. The Morgan fingerprint density at radius 2 is 1.05 bits per heavy atom. The van der Waals surface area contributed by atoms with E-state index in [9.17, 15) is 10.2 Å². The molecule has 0 fully saturated rings. The average Bonchev–Trinajstić information content (AvgIpc) is 2.42. The van der Waals surface area contributed by atoms with Crippen molar-refractivity contribution >= 4 is 11.8 Å². The van der Waals surface area contributed by atoms with Gasteiger partial charge < -0.3 is 20.0 Å². The van der Waals surface area contributed by atoms with Crippen LogP contribution in [-0.4, -0.2) is 83.0 Å². The highest BCUT2D eigenvalue weighted by Gasteiger charge is 2.12. The van der Waals surface area contributed by atoms with Gasteiger partial charge in [0.2, 0.25) is 0 Å². The Bertz CT molecular complexity index is 180. The molecule has 5 heteroatoms. The minimum absolute atomic E-state index is 0.300. The lowest BCUT2D eigenvalue weighted by molar-refractivity contribution is 0.133. The topological polar surface area (TPSA) is 46.9 Å². The van der Waals surface area contributed by atoms with Crippen molar-refractivity contribution in [2.45, 2.75) is 39.9 Å². The molecule has 4 nitrogen and oxygen atoms in total. The molecule has 2 atom stereocenters.